The molecule has 3 rings (SSSR count). The molecule has 3 N–H and O–H groups in total. The first-order valence-corrected chi connectivity index (χ1v) is 26.1. The molecule has 29 nitrogen and oxygen atoms in total. The molecule has 0 aromatic carbocycles. The van der Waals surface area contributed by atoms with Gasteiger partial charge in [-0.2, -0.15) is 0 Å². The number of nitrogens with one attached hydrogen (secondary N) is 3. The first-order valence-electron chi connectivity index (χ1n) is 22.7. The number of alkyl carbamates (subject to hydrolysis) is 2. The van der Waals surface area contributed by atoms with Gasteiger partial charge in [0.1, 0.15) is 56.8 Å². The van der Waals surface area contributed by atoms with E-state index in [1.807, 2.05) is 0 Å². The first kappa shape index (κ1) is 70.4. The summed E-state index contributed by atoms with van der Waals surface area (Å²) in [7, 11) is 0. The predicted octanol–water partition coefficient (Wildman–Crippen LogP) is 3.57. The monoisotopic (exact) mass is 1330 g/mol. The van der Waals surface area contributed by atoms with Gasteiger partial charge < -0.3 is 86.4 Å². The van der Waals surface area contributed by atoms with E-state index in [9.17, 15) is 47.9 Å². The Hall–Kier alpha value is -3.82. The topological polar surface area (TPSA) is 366 Å². The van der Waals surface area contributed by atoms with E-state index in [1.54, 1.807) is 0 Å². The highest BCUT2D eigenvalue weighted by molar-refractivity contribution is 6.76. The van der Waals surface area contributed by atoms with Crippen LogP contribution in [0.4, 0.5) is 9.59 Å². The lowest BCUT2D eigenvalue weighted by Crippen LogP contribution is -2.70. The van der Waals surface area contributed by atoms with Crippen LogP contribution in [-0.2, 0) is 114 Å². The standard InChI is InChI=1S/C42H52Cl9N3O26/c1-14(55)65-9-22-27(70-16(3)57)30(73-19(6)60)25(53-38(63)68-12-40(43,44)45)34(76-22)67-11-24-29(72-18(5)59)32(75-21(8)62)33(36(78-24)80-37(52)42(49,50)51)79-35-26(54-39(64)69-13-41(46,47)48)31(74-20(7)61)28(71-17(4)58)23(77-35)10-66-15(2)56/h22-36,52H,9-13H2,1-8H3,(H,53,63)(H,54,64)/t22-,23-,24-,25-,26-,27-,28-,29-,30-,31-,32+,33+,34-,35+,36-/m1/s1. The summed E-state index contributed by atoms with van der Waals surface area (Å²) in [5.41, 5.74) is 0. The first-order chi connectivity index (χ1) is 36.8. The van der Waals surface area contributed by atoms with Crippen molar-refractivity contribution in [2.24, 2.45) is 0 Å². The van der Waals surface area contributed by atoms with E-state index >= 15 is 0 Å². The summed E-state index contributed by atoms with van der Waals surface area (Å²) in [5.74, 6) is -9.50. The van der Waals surface area contributed by atoms with Gasteiger partial charge in [-0.05, 0) is 0 Å². The van der Waals surface area contributed by atoms with Crippen molar-refractivity contribution in [1.82, 2.24) is 10.6 Å². The van der Waals surface area contributed by atoms with Crippen LogP contribution >= 0.6 is 104 Å². The van der Waals surface area contributed by atoms with E-state index in [0.29, 0.717) is 0 Å². The second kappa shape index (κ2) is 31.2. The minimum atomic E-state index is -2.74. The van der Waals surface area contributed by atoms with Gasteiger partial charge in [0, 0.05) is 55.4 Å². The molecule has 0 aromatic rings. The highest BCUT2D eigenvalue weighted by atomic mass is 35.6. The lowest BCUT2D eigenvalue weighted by atomic mass is 9.94. The van der Waals surface area contributed by atoms with Crippen LogP contribution in [-0.4, -0.2) is 202 Å². The SMILES string of the molecule is CC(=O)OC[C@H]1O[C@@H](OC[C@H]2O[C@H](OC(=N)C(Cl)(Cl)Cl)[C@@H](O[C@@H]3O[C@H](COC(C)=O)[C@@H](OC(C)=O)[C@H](OC(C)=O)[C@H]3NC(=O)OCC(Cl)(Cl)Cl)[C@@H](OC(C)=O)[C@@H]2OC(C)=O)[C@H](NC(=O)OCC(Cl)(Cl)Cl)[C@@H](OC(C)=O)[C@@H]1OC(C)=O. The summed E-state index contributed by atoms with van der Waals surface area (Å²) >= 11 is 52.8. The van der Waals surface area contributed by atoms with Gasteiger partial charge in [-0.1, -0.05) is 104 Å². The third-order valence-corrected chi connectivity index (χ3v) is 11.3. The Labute approximate surface area is 499 Å². The number of rotatable bonds is 20. The van der Waals surface area contributed by atoms with Gasteiger partial charge >= 0.3 is 59.9 Å². The molecule has 38 heteroatoms. The molecule has 3 saturated heterocycles. The molecule has 2 amide bonds. The Bertz CT molecular complexity index is 2250. The van der Waals surface area contributed by atoms with Crippen LogP contribution < -0.4 is 10.6 Å². The number of hydrogen-bond acceptors (Lipinski definition) is 27. The maximum atomic E-state index is 13.5. The molecule has 0 aromatic heterocycles. The van der Waals surface area contributed by atoms with E-state index in [-0.39, 0.29) is 0 Å². The fourth-order valence-electron chi connectivity index (χ4n) is 7.46. The van der Waals surface area contributed by atoms with E-state index in [1.165, 1.54) is 0 Å². The fourth-order valence-corrected chi connectivity index (χ4v) is 7.92. The van der Waals surface area contributed by atoms with E-state index in [0.717, 1.165) is 55.4 Å². The van der Waals surface area contributed by atoms with Gasteiger partial charge in [0.2, 0.25) is 19.8 Å². The van der Waals surface area contributed by atoms with Gasteiger partial charge in [-0.3, -0.25) is 43.8 Å². The summed E-state index contributed by atoms with van der Waals surface area (Å²) in [4.78, 5) is 128. The summed E-state index contributed by atoms with van der Waals surface area (Å²) in [6.07, 6.45) is -28.1. The minimum absolute atomic E-state index is 0.737. The number of carbonyl (C=O) groups excluding carboxylic acids is 10. The molecular weight excluding hydrogens is 1280 g/mol. The molecule has 0 radical (unpaired) electrons. The van der Waals surface area contributed by atoms with Crippen molar-refractivity contribution in [3.63, 3.8) is 0 Å². The van der Waals surface area contributed by atoms with E-state index < -0.39 is 202 Å². The molecule has 3 aliphatic heterocycles. The van der Waals surface area contributed by atoms with Crippen LogP contribution in [0.1, 0.15) is 55.4 Å². The second-order valence-electron chi connectivity index (χ2n) is 16.8. The lowest BCUT2D eigenvalue weighted by Gasteiger charge is -2.49. The van der Waals surface area contributed by atoms with Crippen LogP contribution in [0.2, 0.25) is 0 Å². The number of hydrogen-bond donors (Lipinski definition) is 3. The van der Waals surface area contributed by atoms with Crippen LogP contribution in [0.15, 0.2) is 0 Å². The van der Waals surface area contributed by atoms with E-state index in [2.05, 4.69) is 10.6 Å². The molecule has 80 heavy (non-hydrogen) atoms. The van der Waals surface area contributed by atoms with E-state index in [4.69, 9.17) is 186 Å². The van der Waals surface area contributed by atoms with Crippen molar-refractivity contribution in [3.8, 4) is 0 Å². The van der Waals surface area contributed by atoms with Crippen molar-refractivity contribution >= 4 is 170 Å². The highest BCUT2D eigenvalue weighted by Crippen LogP contribution is 2.38. The molecule has 0 unspecified atom stereocenters. The van der Waals surface area contributed by atoms with Gasteiger partial charge in [0.25, 0.3) is 3.79 Å². The summed E-state index contributed by atoms with van der Waals surface area (Å²) < 4.78 is 83.2. The van der Waals surface area contributed by atoms with Gasteiger partial charge in [-0.25, -0.2) is 9.59 Å². The maximum Gasteiger partial charge on any atom is 0.407 e. The number of ether oxygens (including phenoxy) is 16. The zero-order chi connectivity index (χ0) is 60.8. The van der Waals surface area contributed by atoms with Crippen LogP contribution in [0.25, 0.3) is 0 Å². The number of carbonyl (C=O) groups is 10. The zero-order valence-electron chi connectivity index (χ0n) is 42.7. The van der Waals surface area contributed by atoms with Crippen LogP contribution in [0.3, 0.4) is 0 Å². The molecule has 3 aliphatic rings. The van der Waals surface area contributed by atoms with Gasteiger partial charge in [-0.15, -0.1) is 0 Å². The Kier molecular flexibility index (Phi) is 27.5. The average molecular weight is 1330 g/mol. The van der Waals surface area contributed by atoms with Crippen LogP contribution in [0, 0.1) is 5.41 Å². The Morgan fingerprint density at radius 1 is 0.400 bits per heavy atom. The Balaban J connectivity index is 2.34. The Morgan fingerprint density at radius 3 is 1.09 bits per heavy atom. The van der Waals surface area contributed by atoms with Crippen molar-refractivity contribution in [2.45, 2.75) is 159 Å². The minimum Gasteiger partial charge on any atom is -0.463 e. The third kappa shape index (κ3) is 23.8. The summed E-state index contributed by atoms with van der Waals surface area (Å²) in [6, 6.07) is -3.81. The largest absolute Gasteiger partial charge is 0.463 e. The highest BCUT2D eigenvalue weighted by Gasteiger charge is 2.59. The van der Waals surface area contributed by atoms with Gasteiger partial charge in [0.15, 0.2) is 55.3 Å². The molecule has 0 spiro atoms. The summed E-state index contributed by atoms with van der Waals surface area (Å²) in [6.45, 7) is 3.15. The number of alkyl halides is 9. The molecule has 0 aliphatic carbocycles. The third-order valence-electron chi connectivity index (χ3n) is 10.1. The Morgan fingerprint density at radius 2 is 0.725 bits per heavy atom. The molecule has 3 fully saturated rings. The molecule has 15 atom stereocenters. The molecular formula is C42H52Cl9N3O26. The van der Waals surface area contributed by atoms with Crippen molar-refractivity contribution in [3.05, 3.63) is 0 Å². The lowest BCUT2D eigenvalue weighted by molar-refractivity contribution is -0.352. The van der Waals surface area contributed by atoms with Gasteiger partial charge in [0.05, 0.1) is 6.61 Å². The van der Waals surface area contributed by atoms with Crippen molar-refractivity contribution < 1.29 is 124 Å². The molecule has 3 heterocycles. The second-order valence-corrected chi connectivity index (χ2v) is 24.1. The van der Waals surface area contributed by atoms with Crippen LogP contribution in [0.5, 0.6) is 0 Å². The molecule has 454 valence electrons. The molecule has 0 bridgehead atoms. The average Bonchev–Trinajstić information content (AvgIpc) is 3.29. The van der Waals surface area contributed by atoms with Crippen molar-refractivity contribution in [1.29, 1.82) is 5.41 Å². The zero-order valence-corrected chi connectivity index (χ0v) is 49.5. The van der Waals surface area contributed by atoms with Crippen molar-refractivity contribution in [2.75, 3.05) is 33.0 Å². The predicted molar refractivity (Wildman–Crippen MR) is 270 cm³/mol. The normalized spacial score (nSPS) is 28.7. The number of halogens is 9. The number of esters is 8. The smallest absolute Gasteiger partial charge is 0.407 e. The summed E-state index contributed by atoms with van der Waals surface area (Å²) in [5, 5.41) is 13.1. The quantitative estimate of drug-likeness (QED) is 0.0515. The fraction of sp³-hybridized carbons (Fsp3) is 0.738. The maximum absolute atomic E-state index is 13.5. The molecule has 0 saturated carbocycles. The number of amides is 2.